The van der Waals surface area contributed by atoms with Crippen LogP contribution in [0.5, 0.6) is 0 Å². The summed E-state index contributed by atoms with van der Waals surface area (Å²) in [6, 6.07) is 4.94. The Balaban J connectivity index is 2.23. The number of allylic oxidation sites excluding steroid dienone is 4. The molecule has 1 aromatic carbocycles. The molecule has 0 aromatic heterocycles. The van der Waals surface area contributed by atoms with E-state index in [0.717, 1.165) is 0 Å². The predicted molar refractivity (Wildman–Crippen MR) is 92.4 cm³/mol. The highest BCUT2D eigenvalue weighted by Gasteiger charge is 2.26. The van der Waals surface area contributed by atoms with Crippen molar-refractivity contribution in [3.63, 3.8) is 0 Å². The molecule has 0 spiro atoms. The van der Waals surface area contributed by atoms with E-state index >= 15 is 0 Å². The van der Waals surface area contributed by atoms with Crippen LogP contribution in [-0.2, 0) is 9.63 Å². The number of non-ortho nitro benzene ring substituents is 1. The van der Waals surface area contributed by atoms with Gasteiger partial charge in [0.15, 0.2) is 0 Å². The lowest BCUT2D eigenvalue weighted by Gasteiger charge is -2.17. The minimum atomic E-state index is -0.775. The van der Waals surface area contributed by atoms with E-state index in [-0.39, 0.29) is 33.7 Å². The van der Waals surface area contributed by atoms with Crippen molar-refractivity contribution in [1.82, 2.24) is 0 Å². The number of halogens is 1. The normalized spacial score (nSPS) is 16.3. The summed E-state index contributed by atoms with van der Waals surface area (Å²) in [6.45, 7) is 5.29. The second-order valence-electron chi connectivity index (χ2n) is 5.68. The third-order valence-electron chi connectivity index (χ3n) is 3.63. The van der Waals surface area contributed by atoms with Gasteiger partial charge in [0.2, 0.25) is 5.78 Å². The zero-order valence-corrected chi connectivity index (χ0v) is 14.5. The molecular weight excluding hydrogens is 348 g/mol. The molecule has 0 fully saturated rings. The Morgan fingerprint density at radius 2 is 1.88 bits per heavy atom. The first-order valence-corrected chi connectivity index (χ1v) is 7.77. The molecule has 0 aliphatic heterocycles. The Bertz CT molecular complexity index is 835. The number of nitro benzene ring substituents is 1. The second-order valence-corrected chi connectivity index (χ2v) is 6.06. The Hall–Kier alpha value is -2.80. The number of Topliss-reactive ketones (excluding diaryl/α,β-unsaturated/α-hetero) is 1. The summed E-state index contributed by atoms with van der Waals surface area (Å²) in [7, 11) is 0. The van der Waals surface area contributed by atoms with Gasteiger partial charge in [-0.25, -0.2) is 4.79 Å². The number of oxime groups is 1. The Morgan fingerprint density at radius 1 is 1.28 bits per heavy atom. The number of rotatable bonds is 4. The molecule has 2 rings (SSSR count). The fraction of sp³-hybridized carbons (Fsp3) is 0.235. The van der Waals surface area contributed by atoms with E-state index < -0.39 is 10.9 Å². The van der Waals surface area contributed by atoms with Crippen LogP contribution in [0.3, 0.4) is 0 Å². The molecule has 0 unspecified atom stereocenters. The summed E-state index contributed by atoms with van der Waals surface area (Å²) in [5, 5.41) is 14.4. The maximum absolute atomic E-state index is 12.1. The number of benzene rings is 1. The largest absolute Gasteiger partial charge is 0.365 e. The number of hydrogen-bond donors (Lipinski definition) is 0. The van der Waals surface area contributed by atoms with Gasteiger partial charge in [-0.2, -0.15) is 0 Å². The van der Waals surface area contributed by atoms with E-state index in [4.69, 9.17) is 16.4 Å². The van der Waals surface area contributed by atoms with E-state index in [2.05, 4.69) is 5.16 Å². The van der Waals surface area contributed by atoms with E-state index in [1.54, 1.807) is 6.92 Å². The third kappa shape index (κ3) is 4.00. The van der Waals surface area contributed by atoms with Crippen LogP contribution in [0.25, 0.3) is 0 Å². The molecule has 8 heteroatoms. The number of nitro groups is 1. The minimum Gasteiger partial charge on any atom is -0.312 e. The van der Waals surface area contributed by atoms with Crippen molar-refractivity contribution in [2.75, 3.05) is 0 Å². The summed E-state index contributed by atoms with van der Waals surface area (Å²) in [6.07, 6.45) is 1.54. The zero-order chi connectivity index (χ0) is 18.7. The quantitative estimate of drug-likeness (QED) is 0.351. The summed E-state index contributed by atoms with van der Waals surface area (Å²) < 4.78 is 0. The van der Waals surface area contributed by atoms with Crippen LogP contribution in [-0.4, -0.2) is 22.4 Å². The Morgan fingerprint density at radius 3 is 2.40 bits per heavy atom. The van der Waals surface area contributed by atoms with Gasteiger partial charge < -0.3 is 4.84 Å². The smallest absolute Gasteiger partial charge is 0.312 e. The highest BCUT2D eigenvalue weighted by Crippen LogP contribution is 2.27. The van der Waals surface area contributed by atoms with Crippen LogP contribution in [0, 0.1) is 16.0 Å². The Kier molecular flexibility index (Phi) is 5.48. The van der Waals surface area contributed by atoms with Crippen LogP contribution < -0.4 is 0 Å². The van der Waals surface area contributed by atoms with E-state index in [0.29, 0.717) is 11.1 Å². The van der Waals surface area contributed by atoms with Crippen LogP contribution >= 0.6 is 11.6 Å². The number of carbonyl (C=O) groups is 2. The lowest BCUT2D eigenvalue weighted by atomic mass is 9.90. The lowest BCUT2D eigenvalue weighted by Crippen LogP contribution is -2.19. The van der Waals surface area contributed by atoms with Crippen LogP contribution in [0.2, 0.25) is 0 Å². The van der Waals surface area contributed by atoms with Gasteiger partial charge in [0.05, 0.1) is 15.5 Å². The molecule has 130 valence electrons. The first kappa shape index (κ1) is 18.5. The Labute approximate surface area is 148 Å². The number of nitrogens with zero attached hydrogens (tertiary/aromatic N) is 2. The minimum absolute atomic E-state index is 0.0383. The predicted octanol–water partition coefficient (Wildman–Crippen LogP) is 3.79. The number of hydrogen-bond acceptors (Lipinski definition) is 6. The van der Waals surface area contributed by atoms with Gasteiger partial charge in [0.1, 0.15) is 5.71 Å². The molecule has 1 aliphatic rings. The fourth-order valence-electron chi connectivity index (χ4n) is 2.12. The van der Waals surface area contributed by atoms with Crippen molar-refractivity contribution in [2.45, 2.75) is 20.8 Å². The molecule has 1 aromatic rings. The molecule has 0 saturated carbocycles. The van der Waals surface area contributed by atoms with Gasteiger partial charge in [-0.15, -0.1) is 0 Å². The van der Waals surface area contributed by atoms with Gasteiger partial charge in [-0.3, -0.25) is 14.9 Å². The fourth-order valence-corrected chi connectivity index (χ4v) is 2.32. The first-order chi connectivity index (χ1) is 11.7. The number of ketones is 1. The topological polar surface area (TPSA) is 98.9 Å². The molecule has 7 nitrogen and oxygen atoms in total. The highest BCUT2D eigenvalue weighted by molar-refractivity contribution is 6.49. The average molecular weight is 363 g/mol. The summed E-state index contributed by atoms with van der Waals surface area (Å²) in [5.74, 6) is -1.11. The van der Waals surface area contributed by atoms with Crippen LogP contribution in [0.4, 0.5) is 5.69 Å². The molecule has 0 N–H and O–H groups in total. The molecular formula is C17H15ClN2O5. The third-order valence-corrected chi connectivity index (χ3v) is 4.09. The summed E-state index contributed by atoms with van der Waals surface area (Å²) in [4.78, 5) is 39.0. The standard InChI is InChI=1S/C17H15ClN2O5/c1-9(2)13-8-14(10(3)15(18)16(13)21)19-25-17(22)11-4-6-12(7-5-11)20(23)24/h4-9H,1-3H3. The van der Waals surface area contributed by atoms with Gasteiger partial charge in [-0.1, -0.05) is 30.6 Å². The van der Waals surface area contributed by atoms with E-state index in [1.807, 2.05) is 13.8 Å². The maximum atomic E-state index is 12.1. The van der Waals surface area contributed by atoms with Crippen molar-refractivity contribution in [3.8, 4) is 0 Å². The van der Waals surface area contributed by atoms with Crippen LogP contribution in [0.1, 0.15) is 31.1 Å². The molecule has 0 amide bonds. The lowest BCUT2D eigenvalue weighted by molar-refractivity contribution is -0.384. The zero-order valence-electron chi connectivity index (χ0n) is 13.8. The van der Waals surface area contributed by atoms with E-state index in [1.165, 1.54) is 30.3 Å². The van der Waals surface area contributed by atoms with Gasteiger partial charge in [0.25, 0.3) is 5.69 Å². The summed E-state index contributed by atoms with van der Waals surface area (Å²) >= 11 is 6.03. The van der Waals surface area contributed by atoms with Crippen molar-refractivity contribution < 1.29 is 19.3 Å². The molecule has 0 atom stereocenters. The van der Waals surface area contributed by atoms with Gasteiger partial charge in [0, 0.05) is 23.3 Å². The number of carbonyl (C=O) groups excluding carboxylic acids is 2. The van der Waals surface area contributed by atoms with E-state index in [9.17, 15) is 19.7 Å². The first-order valence-electron chi connectivity index (χ1n) is 7.39. The average Bonchev–Trinajstić information content (AvgIpc) is 2.58. The van der Waals surface area contributed by atoms with Crippen molar-refractivity contribution in [1.29, 1.82) is 0 Å². The van der Waals surface area contributed by atoms with Crippen molar-refractivity contribution in [3.05, 3.63) is 62.2 Å². The molecule has 0 saturated heterocycles. The molecule has 0 heterocycles. The van der Waals surface area contributed by atoms with Crippen LogP contribution in [0.15, 0.2) is 51.7 Å². The molecule has 0 bridgehead atoms. The van der Waals surface area contributed by atoms with Crippen molar-refractivity contribution in [2.24, 2.45) is 11.1 Å². The molecule has 1 aliphatic carbocycles. The molecule has 25 heavy (non-hydrogen) atoms. The molecule has 0 radical (unpaired) electrons. The van der Waals surface area contributed by atoms with Gasteiger partial charge >= 0.3 is 5.97 Å². The second kappa shape index (κ2) is 7.40. The highest BCUT2D eigenvalue weighted by atomic mass is 35.5. The maximum Gasteiger partial charge on any atom is 0.365 e. The monoisotopic (exact) mass is 362 g/mol. The van der Waals surface area contributed by atoms with Gasteiger partial charge in [-0.05, 0) is 31.1 Å². The summed E-state index contributed by atoms with van der Waals surface area (Å²) in [5.41, 5.74) is 1.14. The SMILES string of the molecule is CC1=C(Cl)C(=O)C(C(C)C)=CC1=NOC(=O)c1ccc([N+](=O)[O-])cc1. The van der Waals surface area contributed by atoms with Crippen molar-refractivity contribution >= 4 is 34.8 Å².